The molecule has 4 atom stereocenters. The third kappa shape index (κ3) is 1.82. The smallest absolute Gasteiger partial charge is 0.271 e. The third-order valence-electron chi connectivity index (χ3n) is 2.86. The average Bonchev–Trinajstić information content (AvgIpc) is 2.82. The highest BCUT2D eigenvalue weighted by Crippen LogP contribution is 2.31. The molecule has 1 aromatic rings. The second-order valence-corrected chi connectivity index (χ2v) is 3.98. The van der Waals surface area contributed by atoms with Gasteiger partial charge in [-0.15, -0.1) is 0 Å². The summed E-state index contributed by atoms with van der Waals surface area (Å²) in [5.41, 5.74) is 10.6. The molecule has 0 spiro atoms. The van der Waals surface area contributed by atoms with Crippen molar-refractivity contribution >= 4 is 11.7 Å². The number of hydrogen-bond donors (Lipinski definition) is 5. The molecular weight excluding hydrogens is 244 g/mol. The molecule has 1 aromatic heterocycles. The lowest BCUT2D eigenvalue weighted by molar-refractivity contribution is -0.0518. The topological polar surface area (TPSA) is 157 Å². The number of primary amides is 1. The standard InChI is InChI=1S/C9H14N4O5/c10-7-4(8(11)17)12-2-13(7)9-6(16)5(15)3(1-14)18-9/h2-3,5-6,9,14-16H,1,10H2,(H2,11,17)/t3-,5-,6+,9+/m1/s1. The summed E-state index contributed by atoms with van der Waals surface area (Å²) in [6.45, 7) is -0.452. The normalized spacial score (nSPS) is 31.7. The first-order valence-electron chi connectivity index (χ1n) is 5.22. The lowest BCUT2D eigenvalue weighted by Crippen LogP contribution is -2.33. The highest BCUT2D eigenvalue weighted by atomic mass is 16.6. The predicted octanol–water partition coefficient (Wildman–Crippen LogP) is -2.82. The Morgan fingerprint density at radius 1 is 1.50 bits per heavy atom. The Balaban J connectivity index is 2.30. The van der Waals surface area contributed by atoms with Gasteiger partial charge < -0.3 is 31.5 Å². The third-order valence-corrected chi connectivity index (χ3v) is 2.86. The molecule has 0 radical (unpaired) electrons. The zero-order chi connectivity index (χ0) is 13.4. The van der Waals surface area contributed by atoms with E-state index in [9.17, 15) is 15.0 Å². The summed E-state index contributed by atoms with van der Waals surface area (Å²) in [4.78, 5) is 14.7. The summed E-state index contributed by atoms with van der Waals surface area (Å²) in [5, 5.41) is 28.3. The largest absolute Gasteiger partial charge is 0.394 e. The van der Waals surface area contributed by atoms with E-state index in [1.165, 1.54) is 10.9 Å². The molecule has 18 heavy (non-hydrogen) atoms. The number of nitrogens with zero attached hydrogens (tertiary/aromatic N) is 2. The lowest BCUT2D eigenvalue weighted by atomic mass is 10.1. The summed E-state index contributed by atoms with van der Waals surface area (Å²) in [5.74, 6) is -0.879. The van der Waals surface area contributed by atoms with Crippen LogP contribution >= 0.6 is 0 Å². The quantitative estimate of drug-likeness (QED) is 0.391. The van der Waals surface area contributed by atoms with E-state index in [1.54, 1.807) is 0 Å². The van der Waals surface area contributed by atoms with Crippen LogP contribution in [0.15, 0.2) is 6.33 Å². The van der Waals surface area contributed by atoms with Crippen molar-refractivity contribution < 1.29 is 24.9 Å². The number of amides is 1. The van der Waals surface area contributed by atoms with Crippen molar-refractivity contribution in [2.75, 3.05) is 12.3 Å². The van der Waals surface area contributed by atoms with Gasteiger partial charge in [0.15, 0.2) is 11.9 Å². The molecule has 1 aliphatic rings. The number of rotatable bonds is 3. The highest BCUT2D eigenvalue weighted by Gasteiger charge is 2.44. The van der Waals surface area contributed by atoms with Crippen LogP contribution in [0.1, 0.15) is 16.7 Å². The molecule has 1 fully saturated rings. The van der Waals surface area contributed by atoms with Gasteiger partial charge in [-0.25, -0.2) is 4.98 Å². The van der Waals surface area contributed by atoms with Gasteiger partial charge in [-0.05, 0) is 0 Å². The number of carbonyl (C=O) groups is 1. The molecule has 0 unspecified atom stereocenters. The van der Waals surface area contributed by atoms with Crippen LogP contribution in [0.2, 0.25) is 0 Å². The number of aromatic nitrogens is 2. The van der Waals surface area contributed by atoms with E-state index >= 15 is 0 Å². The van der Waals surface area contributed by atoms with E-state index in [-0.39, 0.29) is 11.5 Å². The zero-order valence-electron chi connectivity index (χ0n) is 9.30. The SMILES string of the molecule is NC(=O)c1ncn([C@H]2O[C@H](CO)[C@@H](O)[C@@H]2O)c1N. The van der Waals surface area contributed by atoms with Crippen LogP contribution < -0.4 is 11.5 Å². The van der Waals surface area contributed by atoms with Crippen LogP contribution in [-0.2, 0) is 4.74 Å². The fourth-order valence-electron chi connectivity index (χ4n) is 1.87. The number of nitrogen functional groups attached to an aromatic ring is 1. The first-order chi connectivity index (χ1) is 8.47. The Hall–Kier alpha value is -1.68. The number of imidazole rings is 1. The second kappa shape index (κ2) is 4.53. The van der Waals surface area contributed by atoms with Crippen molar-refractivity contribution in [3.8, 4) is 0 Å². The number of ether oxygens (including phenoxy) is 1. The number of hydrogen-bond acceptors (Lipinski definition) is 7. The number of aliphatic hydroxyl groups excluding tert-OH is 3. The first-order valence-corrected chi connectivity index (χ1v) is 5.22. The fourth-order valence-corrected chi connectivity index (χ4v) is 1.87. The summed E-state index contributed by atoms with van der Waals surface area (Å²) < 4.78 is 6.42. The molecule has 1 saturated heterocycles. The molecule has 7 N–H and O–H groups in total. The van der Waals surface area contributed by atoms with Crippen LogP contribution in [-0.4, -0.2) is 55.7 Å². The van der Waals surface area contributed by atoms with Gasteiger partial charge in [0.05, 0.1) is 12.9 Å². The minimum Gasteiger partial charge on any atom is -0.394 e. The molecule has 0 aliphatic carbocycles. The predicted molar refractivity (Wildman–Crippen MR) is 58.2 cm³/mol. The van der Waals surface area contributed by atoms with Gasteiger partial charge in [-0.2, -0.15) is 0 Å². The van der Waals surface area contributed by atoms with Crippen LogP contribution in [0.3, 0.4) is 0 Å². The Kier molecular flexibility index (Phi) is 3.22. The molecule has 1 aliphatic heterocycles. The van der Waals surface area contributed by atoms with Crippen molar-refractivity contribution in [2.24, 2.45) is 5.73 Å². The van der Waals surface area contributed by atoms with Crippen molar-refractivity contribution in [1.82, 2.24) is 9.55 Å². The molecule has 100 valence electrons. The minimum absolute atomic E-state index is 0.0719. The van der Waals surface area contributed by atoms with Gasteiger partial charge >= 0.3 is 0 Å². The molecule has 1 amide bonds. The number of nitrogens with two attached hydrogens (primary N) is 2. The van der Waals surface area contributed by atoms with E-state index in [1.807, 2.05) is 0 Å². The Labute approximate surface area is 102 Å². The van der Waals surface area contributed by atoms with Gasteiger partial charge in [0.1, 0.15) is 24.1 Å². The summed E-state index contributed by atoms with van der Waals surface area (Å²) in [6, 6.07) is 0. The van der Waals surface area contributed by atoms with Crippen LogP contribution in [0.4, 0.5) is 5.82 Å². The van der Waals surface area contributed by atoms with Gasteiger partial charge in [-0.3, -0.25) is 9.36 Å². The van der Waals surface area contributed by atoms with Gasteiger partial charge in [0.25, 0.3) is 5.91 Å². The molecular formula is C9H14N4O5. The molecule has 0 aromatic carbocycles. The monoisotopic (exact) mass is 258 g/mol. The minimum atomic E-state index is -1.29. The van der Waals surface area contributed by atoms with Gasteiger partial charge in [0.2, 0.25) is 0 Å². The van der Waals surface area contributed by atoms with Gasteiger partial charge in [0, 0.05) is 0 Å². The first kappa shape index (κ1) is 12.8. The average molecular weight is 258 g/mol. The fraction of sp³-hybridized carbons (Fsp3) is 0.556. The Bertz CT molecular complexity index is 462. The molecule has 0 saturated carbocycles. The van der Waals surface area contributed by atoms with E-state index in [2.05, 4.69) is 4.98 Å². The molecule has 9 heteroatoms. The maximum absolute atomic E-state index is 11.0. The van der Waals surface area contributed by atoms with Gasteiger partial charge in [-0.1, -0.05) is 0 Å². The maximum Gasteiger partial charge on any atom is 0.271 e. The van der Waals surface area contributed by atoms with Crippen molar-refractivity contribution in [3.63, 3.8) is 0 Å². The van der Waals surface area contributed by atoms with E-state index in [4.69, 9.17) is 21.3 Å². The summed E-state index contributed by atoms with van der Waals surface area (Å²) in [6.07, 6.45) is -3.32. The van der Waals surface area contributed by atoms with Crippen LogP contribution in [0.25, 0.3) is 0 Å². The number of anilines is 1. The van der Waals surface area contributed by atoms with Crippen molar-refractivity contribution in [1.29, 1.82) is 0 Å². The summed E-state index contributed by atoms with van der Waals surface area (Å²) >= 11 is 0. The second-order valence-electron chi connectivity index (χ2n) is 3.98. The lowest BCUT2D eigenvalue weighted by Gasteiger charge is -2.17. The Morgan fingerprint density at radius 3 is 2.61 bits per heavy atom. The molecule has 2 rings (SSSR count). The van der Waals surface area contributed by atoms with Crippen LogP contribution in [0, 0.1) is 0 Å². The van der Waals surface area contributed by atoms with Crippen molar-refractivity contribution in [2.45, 2.75) is 24.5 Å². The number of aliphatic hydroxyl groups is 3. The highest BCUT2D eigenvalue weighted by molar-refractivity contribution is 5.95. The molecule has 0 bridgehead atoms. The van der Waals surface area contributed by atoms with E-state index < -0.39 is 37.1 Å². The molecule has 9 nitrogen and oxygen atoms in total. The summed E-state index contributed by atoms with van der Waals surface area (Å²) in [7, 11) is 0. The van der Waals surface area contributed by atoms with E-state index in [0.717, 1.165) is 0 Å². The molecule has 2 heterocycles. The Morgan fingerprint density at radius 2 is 2.17 bits per heavy atom. The van der Waals surface area contributed by atoms with Crippen molar-refractivity contribution in [3.05, 3.63) is 12.0 Å². The number of carbonyl (C=O) groups excluding carboxylic acids is 1. The van der Waals surface area contributed by atoms with E-state index in [0.29, 0.717) is 0 Å². The maximum atomic E-state index is 11.0. The zero-order valence-corrected chi connectivity index (χ0v) is 9.30. The van der Waals surface area contributed by atoms with Crippen LogP contribution in [0.5, 0.6) is 0 Å².